The quantitative estimate of drug-likeness (QED) is 0.821. The Labute approximate surface area is 106 Å². The Balaban J connectivity index is 2.41. The molecule has 0 bridgehead atoms. The summed E-state index contributed by atoms with van der Waals surface area (Å²) >= 11 is 0. The lowest BCUT2D eigenvalue weighted by molar-refractivity contribution is -0.136. The SMILES string of the molecule is CC(C)C(=O)N1CCC[C@H](CNC(C)(C)C)C1. The van der Waals surface area contributed by atoms with Gasteiger partial charge in [-0.2, -0.15) is 0 Å². The number of likely N-dealkylation sites (tertiary alicyclic amines) is 1. The number of rotatable bonds is 3. The van der Waals surface area contributed by atoms with Crippen LogP contribution in [0.4, 0.5) is 0 Å². The fourth-order valence-corrected chi connectivity index (χ4v) is 2.25. The maximum atomic E-state index is 12.0. The lowest BCUT2D eigenvalue weighted by atomic mass is 9.95. The van der Waals surface area contributed by atoms with Crippen molar-refractivity contribution in [2.45, 2.75) is 53.0 Å². The second-order valence-corrected chi connectivity index (χ2v) is 6.58. The van der Waals surface area contributed by atoms with E-state index < -0.39 is 0 Å². The molecule has 0 aliphatic carbocycles. The van der Waals surface area contributed by atoms with Gasteiger partial charge in [0, 0.05) is 31.1 Å². The number of nitrogens with zero attached hydrogens (tertiary/aromatic N) is 1. The minimum absolute atomic E-state index is 0.129. The van der Waals surface area contributed by atoms with Crippen molar-refractivity contribution < 1.29 is 4.79 Å². The predicted molar refractivity (Wildman–Crippen MR) is 71.9 cm³/mol. The minimum atomic E-state index is 0.129. The third kappa shape index (κ3) is 5.07. The Morgan fingerprint density at radius 3 is 2.59 bits per heavy atom. The second kappa shape index (κ2) is 5.85. The number of carbonyl (C=O) groups excluding carboxylic acids is 1. The number of nitrogens with one attached hydrogen (secondary N) is 1. The van der Waals surface area contributed by atoms with Gasteiger partial charge in [0.25, 0.3) is 0 Å². The summed E-state index contributed by atoms with van der Waals surface area (Å²) in [4.78, 5) is 14.0. The Bertz CT molecular complexity index is 255. The van der Waals surface area contributed by atoms with Crippen LogP contribution >= 0.6 is 0 Å². The maximum Gasteiger partial charge on any atom is 0.225 e. The molecule has 0 aromatic heterocycles. The van der Waals surface area contributed by atoms with Gasteiger partial charge in [0.15, 0.2) is 0 Å². The van der Waals surface area contributed by atoms with E-state index in [1.807, 2.05) is 18.7 Å². The van der Waals surface area contributed by atoms with Crippen LogP contribution in [0, 0.1) is 11.8 Å². The third-order valence-electron chi connectivity index (χ3n) is 3.25. The van der Waals surface area contributed by atoms with E-state index in [0.29, 0.717) is 11.8 Å². The summed E-state index contributed by atoms with van der Waals surface area (Å²) in [6.07, 6.45) is 2.39. The largest absolute Gasteiger partial charge is 0.342 e. The van der Waals surface area contributed by atoms with Gasteiger partial charge in [-0.3, -0.25) is 4.79 Å². The van der Waals surface area contributed by atoms with Crippen molar-refractivity contribution in [1.82, 2.24) is 10.2 Å². The molecule has 3 nitrogen and oxygen atoms in total. The van der Waals surface area contributed by atoms with Gasteiger partial charge in [-0.15, -0.1) is 0 Å². The first-order chi connectivity index (χ1) is 7.79. The van der Waals surface area contributed by atoms with Crippen LogP contribution in [0.2, 0.25) is 0 Å². The molecular weight excluding hydrogens is 212 g/mol. The molecule has 100 valence electrons. The number of hydrogen-bond acceptors (Lipinski definition) is 2. The molecule has 1 fully saturated rings. The van der Waals surface area contributed by atoms with Crippen LogP contribution in [0.25, 0.3) is 0 Å². The highest BCUT2D eigenvalue weighted by molar-refractivity contribution is 5.78. The van der Waals surface area contributed by atoms with Crippen molar-refractivity contribution in [3.05, 3.63) is 0 Å². The van der Waals surface area contributed by atoms with E-state index in [9.17, 15) is 4.79 Å². The van der Waals surface area contributed by atoms with Crippen molar-refractivity contribution in [2.75, 3.05) is 19.6 Å². The molecule has 17 heavy (non-hydrogen) atoms. The number of piperidine rings is 1. The highest BCUT2D eigenvalue weighted by Crippen LogP contribution is 2.18. The smallest absolute Gasteiger partial charge is 0.225 e. The molecule has 0 spiro atoms. The van der Waals surface area contributed by atoms with Gasteiger partial charge >= 0.3 is 0 Å². The van der Waals surface area contributed by atoms with Crippen LogP contribution in [0.5, 0.6) is 0 Å². The Hall–Kier alpha value is -0.570. The van der Waals surface area contributed by atoms with Crippen LogP contribution in [0.15, 0.2) is 0 Å². The molecule has 1 rings (SSSR count). The van der Waals surface area contributed by atoms with Gasteiger partial charge in [-0.25, -0.2) is 0 Å². The zero-order valence-electron chi connectivity index (χ0n) is 12.0. The molecule has 1 aliphatic heterocycles. The Kier molecular flexibility index (Phi) is 4.99. The topological polar surface area (TPSA) is 32.3 Å². The fourth-order valence-electron chi connectivity index (χ4n) is 2.25. The molecule has 1 saturated heterocycles. The van der Waals surface area contributed by atoms with Gasteiger partial charge in [0.1, 0.15) is 0 Å². The van der Waals surface area contributed by atoms with Crippen LogP contribution in [-0.2, 0) is 4.79 Å². The van der Waals surface area contributed by atoms with Crippen molar-refractivity contribution in [3.63, 3.8) is 0 Å². The summed E-state index contributed by atoms with van der Waals surface area (Å²) in [5.74, 6) is 1.06. The van der Waals surface area contributed by atoms with E-state index in [1.165, 1.54) is 6.42 Å². The number of carbonyl (C=O) groups is 1. The second-order valence-electron chi connectivity index (χ2n) is 6.58. The average Bonchev–Trinajstić information content (AvgIpc) is 2.24. The van der Waals surface area contributed by atoms with Crippen LogP contribution in [-0.4, -0.2) is 36.0 Å². The number of amides is 1. The third-order valence-corrected chi connectivity index (χ3v) is 3.25. The summed E-state index contributed by atoms with van der Waals surface area (Å²) < 4.78 is 0. The van der Waals surface area contributed by atoms with Crippen molar-refractivity contribution in [3.8, 4) is 0 Å². The molecule has 1 aliphatic rings. The van der Waals surface area contributed by atoms with E-state index in [-0.39, 0.29) is 11.5 Å². The first-order valence-electron chi connectivity index (χ1n) is 6.83. The first kappa shape index (κ1) is 14.5. The van der Waals surface area contributed by atoms with Crippen LogP contribution in [0.3, 0.4) is 0 Å². The molecule has 1 N–H and O–H groups in total. The molecule has 0 aromatic carbocycles. The van der Waals surface area contributed by atoms with Gasteiger partial charge in [-0.1, -0.05) is 13.8 Å². The van der Waals surface area contributed by atoms with Crippen LogP contribution < -0.4 is 5.32 Å². The first-order valence-corrected chi connectivity index (χ1v) is 6.83. The molecule has 3 heteroatoms. The molecule has 0 unspecified atom stereocenters. The Morgan fingerprint density at radius 2 is 2.06 bits per heavy atom. The molecule has 1 heterocycles. The standard InChI is InChI=1S/C14H28N2O/c1-11(2)13(17)16-8-6-7-12(10-16)9-15-14(3,4)5/h11-12,15H,6-10H2,1-5H3/t12-/m1/s1. The molecule has 0 saturated carbocycles. The zero-order valence-corrected chi connectivity index (χ0v) is 12.0. The van der Waals surface area contributed by atoms with E-state index in [0.717, 1.165) is 26.1 Å². The summed E-state index contributed by atoms with van der Waals surface area (Å²) in [6, 6.07) is 0. The number of hydrogen-bond donors (Lipinski definition) is 1. The molecule has 1 amide bonds. The van der Waals surface area contributed by atoms with Crippen molar-refractivity contribution in [1.29, 1.82) is 0 Å². The zero-order chi connectivity index (χ0) is 13.1. The van der Waals surface area contributed by atoms with E-state index in [1.54, 1.807) is 0 Å². The highest BCUT2D eigenvalue weighted by Gasteiger charge is 2.25. The van der Waals surface area contributed by atoms with Crippen molar-refractivity contribution >= 4 is 5.91 Å². The Morgan fingerprint density at radius 1 is 1.41 bits per heavy atom. The lowest BCUT2D eigenvalue weighted by Gasteiger charge is -2.35. The highest BCUT2D eigenvalue weighted by atomic mass is 16.2. The van der Waals surface area contributed by atoms with E-state index in [2.05, 4.69) is 26.1 Å². The predicted octanol–water partition coefficient (Wildman–Crippen LogP) is 2.27. The van der Waals surface area contributed by atoms with Crippen molar-refractivity contribution in [2.24, 2.45) is 11.8 Å². The lowest BCUT2D eigenvalue weighted by Crippen LogP contribution is -2.47. The van der Waals surface area contributed by atoms with Gasteiger partial charge in [-0.05, 0) is 39.5 Å². The summed E-state index contributed by atoms with van der Waals surface area (Å²) in [7, 11) is 0. The van der Waals surface area contributed by atoms with Gasteiger partial charge in [0.2, 0.25) is 5.91 Å². The molecule has 1 atom stereocenters. The van der Waals surface area contributed by atoms with Crippen LogP contribution in [0.1, 0.15) is 47.5 Å². The molecule has 0 aromatic rings. The average molecular weight is 240 g/mol. The van der Waals surface area contributed by atoms with E-state index >= 15 is 0 Å². The fraction of sp³-hybridized carbons (Fsp3) is 0.929. The van der Waals surface area contributed by atoms with Gasteiger partial charge in [0.05, 0.1) is 0 Å². The maximum absolute atomic E-state index is 12.0. The summed E-state index contributed by atoms with van der Waals surface area (Å²) in [5.41, 5.74) is 0.171. The molecular formula is C14H28N2O. The van der Waals surface area contributed by atoms with Gasteiger partial charge < -0.3 is 10.2 Å². The monoisotopic (exact) mass is 240 g/mol. The summed E-state index contributed by atoms with van der Waals surface area (Å²) in [5, 5.41) is 3.54. The minimum Gasteiger partial charge on any atom is -0.342 e. The normalized spacial score (nSPS) is 22.0. The van der Waals surface area contributed by atoms with E-state index in [4.69, 9.17) is 0 Å². The molecule has 0 radical (unpaired) electrons. The summed E-state index contributed by atoms with van der Waals surface area (Å²) in [6.45, 7) is 13.4.